The van der Waals surface area contributed by atoms with Crippen LogP contribution in [0.4, 0.5) is 5.69 Å². The summed E-state index contributed by atoms with van der Waals surface area (Å²) in [5, 5.41) is 2.90. The molecule has 1 atom stereocenters. The molecule has 1 aliphatic heterocycles. The molecule has 5 heteroatoms. The van der Waals surface area contributed by atoms with Gasteiger partial charge in [-0.1, -0.05) is 36.4 Å². The zero-order valence-electron chi connectivity index (χ0n) is 15.2. The van der Waals surface area contributed by atoms with Crippen molar-refractivity contribution in [2.45, 2.75) is 19.8 Å². The Kier molecular flexibility index (Phi) is 5.56. The van der Waals surface area contributed by atoms with E-state index in [4.69, 9.17) is 4.74 Å². The second kappa shape index (κ2) is 8.04. The summed E-state index contributed by atoms with van der Waals surface area (Å²) in [6.45, 7) is 3.07. The summed E-state index contributed by atoms with van der Waals surface area (Å²) >= 11 is 0. The van der Waals surface area contributed by atoms with E-state index in [1.54, 1.807) is 12.0 Å². The van der Waals surface area contributed by atoms with Crippen LogP contribution in [0.3, 0.4) is 0 Å². The molecule has 136 valence electrons. The normalized spacial score (nSPS) is 16.6. The SMILES string of the molecule is COc1cc(C)ccc1NC(=O)C1CC(=O)N(CCc2ccccc2)C1. The third-order valence-electron chi connectivity index (χ3n) is 4.71. The Bertz CT molecular complexity index is 789. The minimum Gasteiger partial charge on any atom is -0.495 e. The minimum absolute atomic E-state index is 0.0388. The van der Waals surface area contributed by atoms with Crippen LogP contribution in [-0.2, 0) is 16.0 Å². The number of aryl methyl sites for hydroxylation is 1. The van der Waals surface area contributed by atoms with Crippen molar-refractivity contribution in [1.82, 2.24) is 4.90 Å². The highest BCUT2D eigenvalue weighted by molar-refractivity contribution is 5.98. The highest BCUT2D eigenvalue weighted by Gasteiger charge is 2.34. The van der Waals surface area contributed by atoms with Crippen molar-refractivity contribution in [1.29, 1.82) is 0 Å². The van der Waals surface area contributed by atoms with Crippen molar-refractivity contribution in [2.75, 3.05) is 25.5 Å². The highest BCUT2D eigenvalue weighted by atomic mass is 16.5. The summed E-state index contributed by atoms with van der Waals surface area (Å²) in [4.78, 5) is 26.6. The third-order valence-corrected chi connectivity index (χ3v) is 4.71. The molecular formula is C21H24N2O3. The summed E-state index contributed by atoms with van der Waals surface area (Å²) in [5.74, 6) is 0.201. The van der Waals surface area contributed by atoms with Crippen molar-refractivity contribution < 1.29 is 14.3 Å². The molecule has 1 heterocycles. The first-order valence-electron chi connectivity index (χ1n) is 8.84. The maximum Gasteiger partial charge on any atom is 0.229 e. The van der Waals surface area contributed by atoms with Gasteiger partial charge in [0, 0.05) is 19.5 Å². The van der Waals surface area contributed by atoms with Gasteiger partial charge >= 0.3 is 0 Å². The Morgan fingerprint density at radius 2 is 2.00 bits per heavy atom. The maximum absolute atomic E-state index is 12.6. The van der Waals surface area contributed by atoms with Crippen molar-refractivity contribution in [2.24, 2.45) is 5.92 Å². The van der Waals surface area contributed by atoms with Crippen LogP contribution in [0.2, 0.25) is 0 Å². The predicted octanol–water partition coefficient (Wildman–Crippen LogP) is 3.03. The Morgan fingerprint density at radius 3 is 2.73 bits per heavy atom. The fraction of sp³-hybridized carbons (Fsp3) is 0.333. The van der Waals surface area contributed by atoms with Gasteiger partial charge in [0.15, 0.2) is 0 Å². The largest absolute Gasteiger partial charge is 0.495 e. The lowest BCUT2D eigenvalue weighted by atomic mass is 10.1. The van der Waals surface area contributed by atoms with Gasteiger partial charge in [0.05, 0.1) is 18.7 Å². The van der Waals surface area contributed by atoms with E-state index >= 15 is 0 Å². The predicted molar refractivity (Wildman–Crippen MR) is 101 cm³/mol. The van der Waals surface area contributed by atoms with Gasteiger partial charge in [0.1, 0.15) is 5.75 Å². The number of hydrogen-bond donors (Lipinski definition) is 1. The molecule has 1 fully saturated rings. The number of likely N-dealkylation sites (tertiary alicyclic amines) is 1. The van der Waals surface area contributed by atoms with Crippen LogP contribution in [0.25, 0.3) is 0 Å². The van der Waals surface area contributed by atoms with E-state index in [1.807, 2.05) is 43.3 Å². The first kappa shape index (κ1) is 18.0. The average Bonchev–Trinajstić information content (AvgIpc) is 3.03. The van der Waals surface area contributed by atoms with Crippen LogP contribution in [0.15, 0.2) is 48.5 Å². The minimum atomic E-state index is -0.329. The number of nitrogens with zero attached hydrogens (tertiary/aromatic N) is 1. The van der Waals surface area contributed by atoms with Gasteiger partial charge in [-0.15, -0.1) is 0 Å². The van der Waals surface area contributed by atoms with E-state index in [9.17, 15) is 9.59 Å². The molecule has 3 rings (SSSR count). The van der Waals surface area contributed by atoms with Crippen molar-refractivity contribution in [3.63, 3.8) is 0 Å². The molecule has 1 unspecified atom stereocenters. The van der Waals surface area contributed by atoms with Crippen LogP contribution in [0, 0.1) is 12.8 Å². The molecule has 1 aliphatic rings. The highest BCUT2D eigenvalue weighted by Crippen LogP contribution is 2.27. The number of amides is 2. The fourth-order valence-corrected chi connectivity index (χ4v) is 3.21. The van der Waals surface area contributed by atoms with E-state index in [0.29, 0.717) is 24.5 Å². The molecule has 1 N–H and O–H groups in total. The standard InChI is InChI=1S/C21H24N2O3/c1-15-8-9-18(19(12-15)26-2)22-21(25)17-13-20(24)23(14-17)11-10-16-6-4-3-5-7-16/h3-9,12,17H,10-11,13-14H2,1-2H3,(H,22,25). The van der Waals surface area contributed by atoms with Crippen LogP contribution in [-0.4, -0.2) is 36.9 Å². The summed E-state index contributed by atoms with van der Waals surface area (Å²) in [7, 11) is 1.58. The fourth-order valence-electron chi connectivity index (χ4n) is 3.21. The van der Waals surface area contributed by atoms with Crippen LogP contribution < -0.4 is 10.1 Å². The van der Waals surface area contributed by atoms with Gasteiger partial charge in [0.25, 0.3) is 0 Å². The van der Waals surface area contributed by atoms with Crippen LogP contribution in [0.1, 0.15) is 17.5 Å². The van der Waals surface area contributed by atoms with Gasteiger partial charge < -0.3 is 15.0 Å². The lowest BCUT2D eigenvalue weighted by Gasteiger charge is -2.17. The van der Waals surface area contributed by atoms with Gasteiger partial charge in [-0.05, 0) is 36.6 Å². The zero-order chi connectivity index (χ0) is 18.5. The lowest BCUT2D eigenvalue weighted by molar-refractivity contribution is -0.128. The van der Waals surface area contributed by atoms with E-state index in [-0.39, 0.29) is 24.2 Å². The molecule has 0 aliphatic carbocycles. The Labute approximate surface area is 154 Å². The Morgan fingerprint density at radius 1 is 1.23 bits per heavy atom. The number of hydrogen-bond acceptors (Lipinski definition) is 3. The molecular weight excluding hydrogens is 328 g/mol. The summed E-state index contributed by atoms with van der Waals surface area (Å²) in [6.07, 6.45) is 1.06. The molecule has 26 heavy (non-hydrogen) atoms. The Hall–Kier alpha value is -2.82. The zero-order valence-corrected chi connectivity index (χ0v) is 15.2. The van der Waals surface area contributed by atoms with E-state index in [2.05, 4.69) is 17.4 Å². The topological polar surface area (TPSA) is 58.6 Å². The summed E-state index contributed by atoms with van der Waals surface area (Å²) < 4.78 is 5.33. The van der Waals surface area contributed by atoms with Gasteiger partial charge in [-0.25, -0.2) is 0 Å². The molecule has 2 aromatic carbocycles. The van der Waals surface area contributed by atoms with Crippen molar-refractivity contribution in [3.05, 3.63) is 59.7 Å². The number of rotatable bonds is 6. The molecule has 0 spiro atoms. The molecule has 1 saturated heterocycles. The number of ether oxygens (including phenoxy) is 1. The third kappa shape index (κ3) is 4.23. The molecule has 0 bridgehead atoms. The second-order valence-corrected chi connectivity index (χ2v) is 6.67. The van der Waals surface area contributed by atoms with E-state index in [0.717, 1.165) is 12.0 Å². The second-order valence-electron chi connectivity index (χ2n) is 6.67. The monoisotopic (exact) mass is 352 g/mol. The number of anilines is 1. The average molecular weight is 352 g/mol. The van der Waals surface area contributed by atoms with Gasteiger partial charge in [0.2, 0.25) is 11.8 Å². The van der Waals surface area contributed by atoms with Crippen LogP contribution >= 0.6 is 0 Å². The molecule has 2 aromatic rings. The maximum atomic E-state index is 12.6. The first-order chi connectivity index (χ1) is 12.6. The molecule has 0 aromatic heterocycles. The number of benzene rings is 2. The lowest BCUT2D eigenvalue weighted by Crippen LogP contribution is -2.30. The van der Waals surface area contributed by atoms with Gasteiger partial charge in [-0.2, -0.15) is 0 Å². The molecule has 2 amide bonds. The van der Waals surface area contributed by atoms with Crippen molar-refractivity contribution in [3.8, 4) is 5.75 Å². The van der Waals surface area contributed by atoms with Crippen LogP contribution in [0.5, 0.6) is 5.75 Å². The summed E-state index contributed by atoms with van der Waals surface area (Å²) in [6, 6.07) is 15.7. The number of carbonyl (C=O) groups excluding carboxylic acids is 2. The van der Waals surface area contributed by atoms with E-state index < -0.39 is 0 Å². The van der Waals surface area contributed by atoms with Crippen molar-refractivity contribution >= 4 is 17.5 Å². The van der Waals surface area contributed by atoms with Gasteiger partial charge in [-0.3, -0.25) is 9.59 Å². The number of nitrogens with one attached hydrogen (secondary N) is 1. The molecule has 0 saturated carbocycles. The summed E-state index contributed by atoms with van der Waals surface area (Å²) in [5.41, 5.74) is 2.89. The first-order valence-corrected chi connectivity index (χ1v) is 8.84. The molecule has 5 nitrogen and oxygen atoms in total. The molecule has 0 radical (unpaired) electrons. The Balaban J connectivity index is 1.58. The van der Waals surface area contributed by atoms with E-state index in [1.165, 1.54) is 5.56 Å². The smallest absolute Gasteiger partial charge is 0.229 e. The number of methoxy groups -OCH3 is 1. The quantitative estimate of drug-likeness (QED) is 0.869. The number of carbonyl (C=O) groups is 2.